The normalized spacial score (nSPS) is 11.6. The Morgan fingerprint density at radius 2 is 1.90 bits per heavy atom. The topological polar surface area (TPSA) is 25.8 Å². The van der Waals surface area contributed by atoms with Crippen LogP contribution >= 0.6 is 45.9 Å². The molecule has 104 valence electrons. The first kappa shape index (κ1) is 13.5. The molecule has 1 aromatic carbocycles. The van der Waals surface area contributed by atoms with Crippen molar-refractivity contribution in [1.29, 1.82) is 0 Å². The molecule has 21 heavy (non-hydrogen) atoms. The number of halogens is 2. The molecule has 0 atom stereocenters. The lowest BCUT2D eigenvalue weighted by Crippen LogP contribution is -1.91. The van der Waals surface area contributed by atoms with Gasteiger partial charge in [0.25, 0.3) is 0 Å². The maximum atomic E-state index is 6.33. The number of aromatic nitrogens is 2. The SMILES string of the molecule is Cc1cc(Cl)c2nc(-c3cc4sccc4s3)nc(Cl)c2c1. The molecular formula is C15H8Cl2N2S2. The van der Waals surface area contributed by atoms with E-state index in [1.807, 2.05) is 19.1 Å². The lowest BCUT2D eigenvalue weighted by Gasteiger charge is -2.06. The van der Waals surface area contributed by atoms with Crippen molar-refractivity contribution < 1.29 is 0 Å². The van der Waals surface area contributed by atoms with Gasteiger partial charge in [-0.05, 0) is 42.1 Å². The minimum atomic E-state index is 0.442. The van der Waals surface area contributed by atoms with E-state index in [2.05, 4.69) is 27.5 Å². The largest absolute Gasteiger partial charge is 0.226 e. The third kappa shape index (κ3) is 2.23. The highest BCUT2D eigenvalue weighted by Crippen LogP contribution is 2.37. The molecule has 0 spiro atoms. The predicted molar refractivity (Wildman–Crippen MR) is 93.0 cm³/mol. The third-order valence-corrected chi connectivity index (χ3v) is 5.88. The number of nitrogens with zero attached hydrogens (tertiary/aromatic N) is 2. The first-order valence-corrected chi connectivity index (χ1v) is 8.68. The van der Waals surface area contributed by atoms with Crippen molar-refractivity contribution in [2.45, 2.75) is 6.92 Å². The summed E-state index contributed by atoms with van der Waals surface area (Å²) in [4.78, 5) is 10.1. The van der Waals surface area contributed by atoms with E-state index in [0.29, 0.717) is 21.5 Å². The van der Waals surface area contributed by atoms with Crippen molar-refractivity contribution in [2.75, 3.05) is 0 Å². The van der Waals surface area contributed by atoms with Gasteiger partial charge in [-0.3, -0.25) is 0 Å². The second-order valence-corrected chi connectivity index (χ2v) is 7.54. The van der Waals surface area contributed by atoms with E-state index >= 15 is 0 Å². The molecule has 0 aliphatic rings. The summed E-state index contributed by atoms with van der Waals surface area (Å²) in [6.07, 6.45) is 0. The second kappa shape index (κ2) is 4.92. The summed E-state index contributed by atoms with van der Waals surface area (Å²) in [7, 11) is 0. The van der Waals surface area contributed by atoms with Crippen LogP contribution in [0.4, 0.5) is 0 Å². The highest BCUT2D eigenvalue weighted by atomic mass is 35.5. The Kier molecular flexibility index (Phi) is 3.15. The number of benzene rings is 1. The molecule has 0 saturated carbocycles. The van der Waals surface area contributed by atoms with Gasteiger partial charge in [0.05, 0.1) is 15.4 Å². The summed E-state index contributed by atoms with van der Waals surface area (Å²) in [6.45, 7) is 1.98. The molecule has 2 nitrogen and oxygen atoms in total. The van der Waals surface area contributed by atoms with Crippen LogP contribution in [0.5, 0.6) is 0 Å². The quantitative estimate of drug-likeness (QED) is 0.382. The van der Waals surface area contributed by atoms with Gasteiger partial charge in [-0.25, -0.2) is 9.97 Å². The van der Waals surface area contributed by atoms with Crippen molar-refractivity contribution in [3.8, 4) is 10.7 Å². The van der Waals surface area contributed by atoms with Crippen molar-refractivity contribution in [3.63, 3.8) is 0 Å². The van der Waals surface area contributed by atoms with Gasteiger partial charge in [0.15, 0.2) is 5.82 Å². The van der Waals surface area contributed by atoms with Crippen LogP contribution in [0.2, 0.25) is 10.2 Å². The minimum absolute atomic E-state index is 0.442. The molecule has 0 saturated heterocycles. The van der Waals surface area contributed by atoms with Gasteiger partial charge in [-0.2, -0.15) is 0 Å². The highest BCUT2D eigenvalue weighted by Gasteiger charge is 2.13. The molecule has 4 aromatic rings. The van der Waals surface area contributed by atoms with Gasteiger partial charge in [-0.1, -0.05) is 23.2 Å². The van der Waals surface area contributed by atoms with E-state index in [-0.39, 0.29) is 0 Å². The zero-order valence-electron chi connectivity index (χ0n) is 10.9. The molecule has 0 fully saturated rings. The average molecular weight is 351 g/mol. The number of aryl methyl sites for hydroxylation is 1. The number of fused-ring (bicyclic) bond motifs is 2. The molecule has 0 unspecified atom stereocenters. The Hall–Kier alpha value is -1.20. The van der Waals surface area contributed by atoms with E-state index in [4.69, 9.17) is 23.2 Å². The standard InChI is InChI=1S/C15H8Cl2N2S2/c1-7-4-8-13(9(16)5-7)18-15(19-14(8)17)12-6-11-10(21-12)2-3-20-11/h2-6H,1H3. The van der Waals surface area contributed by atoms with E-state index < -0.39 is 0 Å². The maximum absolute atomic E-state index is 6.33. The average Bonchev–Trinajstić information content (AvgIpc) is 3.00. The lowest BCUT2D eigenvalue weighted by atomic mass is 10.1. The summed E-state index contributed by atoms with van der Waals surface area (Å²) in [5, 5.41) is 3.92. The van der Waals surface area contributed by atoms with Gasteiger partial charge in [0.1, 0.15) is 5.15 Å². The summed E-state index contributed by atoms with van der Waals surface area (Å²) in [6, 6.07) is 8.06. The van der Waals surface area contributed by atoms with Gasteiger partial charge in [0.2, 0.25) is 0 Å². The molecule has 3 aromatic heterocycles. The molecule has 6 heteroatoms. The van der Waals surface area contributed by atoms with Crippen molar-refractivity contribution in [2.24, 2.45) is 0 Å². The fourth-order valence-corrected chi connectivity index (χ4v) is 4.86. The molecular weight excluding hydrogens is 343 g/mol. The summed E-state index contributed by atoms with van der Waals surface area (Å²) >= 11 is 16.0. The number of hydrogen-bond acceptors (Lipinski definition) is 4. The first-order chi connectivity index (χ1) is 10.1. The van der Waals surface area contributed by atoms with Crippen LogP contribution in [0.25, 0.3) is 31.0 Å². The lowest BCUT2D eigenvalue weighted by molar-refractivity contribution is 1.24. The summed E-state index contributed by atoms with van der Waals surface area (Å²) in [5.74, 6) is 0.631. The highest BCUT2D eigenvalue weighted by molar-refractivity contribution is 7.28. The zero-order valence-corrected chi connectivity index (χ0v) is 14.0. The summed E-state index contributed by atoms with van der Waals surface area (Å²) < 4.78 is 2.48. The van der Waals surface area contributed by atoms with E-state index in [1.165, 1.54) is 9.40 Å². The Morgan fingerprint density at radius 3 is 2.71 bits per heavy atom. The fraction of sp³-hybridized carbons (Fsp3) is 0.0667. The molecule has 0 aliphatic carbocycles. The Balaban J connectivity index is 1.99. The Bertz CT molecular complexity index is 960. The van der Waals surface area contributed by atoms with Crippen LogP contribution in [0.1, 0.15) is 5.56 Å². The van der Waals surface area contributed by atoms with Gasteiger partial charge in [0, 0.05) is 14.8 Å². The van der Waals surface area contributed by atoms with Crippen molar-refractivity contribution in [3.05, 3.63) is 45.4 Å². The number of thiophene rings is 2. The minimum Gasteiger partial charge on any atom is -0.226 e. The smallest absolute Gasteiger partial charge is 0.171 e. The monoisotopic (exact) mass is 350 g/mol. The van der Waals surface area contributed by atoms with E-state index in [0.717, 1.165) is 15.8 Å². The zero-order chi connectivity index (χ0) is 14.6. The first-order valence-electron chi connectivity index (χ1n) is 6.22. The van der Waals surface area contributed by atoms with Gasteiger partial charge >= 0.3 is 0 Å². The maximum Gasteiger partial charge on any atom is 0.171 e. The van der Waals surface area contributed by atoms with Crippen LogP contribution < -0.4 is 0 Å². The molecule has 0 aliphatic heterocycles. The number of hydrogen-bond donors (Lipinski definition) is 0. The third-order valence-electron chi connectivity index (χ3n) is 3.21. The molecule has 0 radical (unpaired) electrons. The molecule has 0 bridgehead atoms. The Morgan fingerprint density at radius 1 is 1.05 bits per heavy atom. The number of rotatable bonds is 1. The van der Waals surface area contributed by atoms with E-state index in [1.54, 1.807) is 22.7 Å². The molecule has 4 rings (SSSR count). The molecule has 0 amide bonds. The van der Waals surface area contributed by atoms with Gasteiger partial charge < -0.3 is 0 Å². The van der Waals surface area contributed by atoms with Crippen LogP contribution in [0.3, 0.4) is 0 Å². The fourth-order valence-electron chi connectivity index (χ4n) is 2.28. The molecule has 0 N–H and O–H groups in total. The van der Waals surface area contributed by atoms with E-state index in [9.17, 15) is 0 Å². The van der Waals surface area contributed by atoms with Gasteiger partial charge in [-0.15, -0.1) is 22.7 Å². The Labute approximate surface area is 139 Å². The molecule has 3 heterocycles. The van der Waals surface area contributed by atoms with Crippen LogP contribution in [0.15, 0.2) is 29.6 Å². The summed E-state index contributed by atoms with van der Waals surface area (Å²) in [5.41, 5.74) is 1.75. The van der Waals surface area contributed by atoms with Crippen molar-refractivity contribution in [1.82, 2.24) is 9.97 Å². The van der Waals surface area contributed by atoms with Crippen molar-refractivity contribution >= 4 is 66.2 Å². The second-order valence-electron chi connectivity index (χ2n) is 4.74. The predicted octanol–water partition coefficient (Wildman–Crippen LogP) is 6.19. The van der Waals surface area contributed by atoms with Crippen LogP contribution in [0, 0.1) is 6.92 Å². The van der Waals surface area contributed by atoms with Crippen LogP contribution in [-0.4, -0.2) is 9.97 Å². The van der Waals surface area contributed by atoms with Crippen LogP contribution in [-0.2, 0) is 0 Å².